The average molecular weight is 104 g/mol. The smallest absolute Gasteiger partial charge is 0.445 e. The summed E-state index contributed by atoms with van der Waals surface area (Å²) in [7, 11) is 0. The van der Waals surface area contributed by atoms with Crippen LogP contribution >= 0.6 is 0 Å². The summed E-state index contributed by atoms with van der Waals surface area (Å²) >= 11 is 0. The lowest BCUT2D eigenvalue weighted by Crippen LogP contribution is -3.00. The van der Waals surface area contributed by atoms with E-state index in [-0.39, 0.29) is 12.4 Å². The van der Waals surface area contributed by atoms with Crippen molar-refractivity contribution in [2.24, 2.45) is 10.3 Å². The molecule has 3 nitrogen and oxygen atoms in total. The largest absolute Gasteiger partial charge is 1.00 e. The summed E-state index contributed by atoms with van der Waals surface area (Å²) < 4.78 is 0. The van der Waals surface area contributed by atoms with Crippen molar-refractivity contribution < 1.29 is 12.4 Å². The van der Waals surface area contributed by atoms with Crippen LogP contribution in [0.1, 0.15) is 0 Å². The molecule has 0 spiro atoms. The highest BCUT2D eigenvalue weighted by atomic mass is 35.5. The standard InChI is InChI=1S/C2H2N3.ClH/c1-2-4-5-3-1;/h1H,(H,3,4,5);1H/q+1;/p-1. The van der Waals surface area contributed by atoms with Crippen LogP contribution in [0.5, 0.6) is 0 Å². The lowest BCUT2D eigenvalue weighted by molar-refractivity contribution is -0.00000113. The molecule has 0 saturated carbocycles. The van der Waals surface area contributed by atoms with Crippen molar-refractivity contribution in [3.8, 4) is 0 Å². The molecule has 0 aliphatic carbocycles. The zero-order valence-corrected chi connectivity index (χ0v) is 3.61. The first-order valence-electron chi connectivity index (χ1n) is 1.22. The Bertz CT molecular complexity index is 66.9. The molecule has 1 heterocycles. The van der Waals surface area contributed by atoms with E-state index in [1.165, 1.54) is 6.20 Å². The van der Waals surface area contributed by atoms with Gasteiger partial charge in [-0.25, -0.2) is 5.43 Å². The molecular formula is C2H2ClN3. The zero-order valence-electron chi connectivity index (χ0n) is 2.85. The molecule has 1 N–H and O–H groups in total. The van der Waals surface area contributed by atoms with Gasteiger partial charge in [-0.1, -0.05) is 0 Å². The minimum Gasteiger partial charge on any atom is -1.00 e. The van der Waals surface area contributed by atoms with Crippen molar-refractivity contribution >= 4 is 0 Å². The van der Waals surface area contributed by atoms with Crippen molar-refractivity contribution in [3.63, 3.8) is 0 Å². The van der Waals surface area contributed by atoms with Crippen LogP contribution in [0.15, 0.2) is 16.5 Å². The van der Waals surface area contributed by atoms with E-state index >= 15 is 0 Å². The van der Waals surface area contributed by atoms with E-state index < -0.39 is 0 Å². The number of nitrogens with one attached hydrogen (secondary N) is 1. The van der Waals surface area contributed by atoms with Crippen molar-refractivity contribution in [3.05, 3.63) is 12.4 Å². The Labute approximate surface area is 41.5 Å². The van der Waals surface area contributed by atoms with Crippen LogP contribution in [-0.4, -0.2) is 0 Å². The van der Waals surface area contributed by atoms with Crippen LogP contribution in [0.25, 0.3) is 0 Å². The summed E-state index contributed by atoms with van der Waals surface area (Å²) in [4.78, 5) is 0. The zero-order chi connectivity index (χ0) is 3.54. The monoisotopic (exact) mass is 103 g/mol. The summed E-state index contributed by atoms with van der Waals surface area (Å²) in [5, 5.41) is 6.58. The first kappa shape index (κ1) is 5.34. The van der Waals surface area contributed by atoms with Crippen molar-refractivity contribution in [1.82, 2.24) is 5.43 Å². The molecule has 0 aromatic heterocycles. The maximum Gasteiger partial charge on any atom is 0.445 e. The summed E-state index contributed by atoms with van der Waals surface area (Å²) in [5.41, 5.74) is 2.44. The lowest BCUT2D eigenvalue weighted by atomic mass is 11.0. The van der Waals surface area contributed by atoms with E-state index in [2.05, 4.69) is 22.0 Å². The maximum atomic E-state index is 3.29. The van der Waals surface area contributed by atoms with E-state index in [4.69, 9.17) is 0 Å². The Morgan fingerprint density at radius 2 is 2.50 bits per heavy atom. The van der Waals surface area contributed by atoms with Gasteiger partial charge in [-0.05, 0) is 5.22 Å². The predicted molar refractivity (Wildman–Crippen MR) is 15.8 cm³/mol. The van der Waals surface area contributed by atoms with E-state index in [0.29, 0.717) is 0 Å². The maximum absolute atomic E-state index is 3.29. The summed E-state index contributed by atoms with van der Waals surface area (Å²) in [5.74, 6) is 0. The Hall–Kier alpha value is -0.660. The summed E-state index contributed by atoms with van der Waals surface area (Å²) in [6.45, 7) is 0. The van der Waals surface area contributed by atoms with Gasteiger partial charge in [0.05, 0.1) is 0 Å². The van der Waals surface area contributed by atoms with Crippen LogP contribution in [0.3, 0.4) is 0 Å². The first-order chi connectivity index (χ1) is 2.50. The second-order valence-corrected chi connectivity index (χ2v) is 0.603. The number of rotatable bonds is 0. The molecule has 0 radical (unpaired) electrons. The Kier molecular flexibility index (Phi) is 2.29. The van der Waals surface area contributed by atoms with Crippen LogP contribution in [-0.2, 0) is 0 Å². The molecule has 1 rings (SSSR count). The molecule has 0 aromatic carbocycles. The third kappa shape index (κ3) is 0.971. The Morgan fingerprint density at radius 1 is 1.67 bits per heavy atom. The molecule has 0 atom stereocenters. The normalized spacial score (nSPS) is 12.0. The number of nitrogens with zero attached hydrogens (tertiary/aromatic N) is 2. The molecule has 0 bridgehead atoms. The lowest BCUT2D eigenvalue weighted by Gasteiger charge is -1.56. The minimum atomic E-state index is 0. The van der Waals surface area contributed by atoms with Crippen LogP contribution in [0.4, 0.5) is 0 Å². The van der Waals surface area contributed by atoms with Crippen LogP contribution in [0, 0.1) is 6.20 Å². The van der Waals surface area contributed by atoms with Gasteiger partial charge in [0.25, 0.3) is 6.20 Å². The second-order valence-electron chi connectivity index (χ2n) is 0.603. The highest BCUT2D eigenvalue weighted by Gasteiger charge is 1.92. The third-order valence-corrected chi connectivity index (χ3v) is 0.295. The van der Waals surface area contributed by atoms with Crippen molar-refractivity contribution in [2.75, 3.05) is 0 Å². The molecule has 4 heteroatoms. The molecule has 1 aliphatic heterocycles. The van der Waals surface area contributed by atoms with Gasteiger partial charge in [0.15, 0.2) is 0 Å². The Morgan fingerprint density at radius 3 is 2.67 bits per heavy atom. The molecule has 0 aromatic rings. The fourth-order valence-electron chi connectivity index (χ4n) is 0.144. The molecule has 0 unspecified atom stereocenters. The summed E-state index contributed by atoms with van der Waals surface area (Å²) in [6.07, 6.45) is 3.97. The quantitative estimate of drug-likeness (QED) is 0.331. The van der Waals surface area contributed by atoms with Gasteiger partial charge in [-0.2, -0.15) is 0 Å². The summed E-state index contributed by atoms with van der Waals surface area (Å²) in [6, 6.07) is 0. The molecular weight excluding hydrogens is 101 g/mol. The fraction of sp³-hybridized carbons (Fsp3) is 0. The number of hydrogen-bond acceptors (Lipinski definition) is 3. The molecule has 6 heavy (non-hydrogen) atoms. The second kappa shape index (κ2) is 2.57. The van der Waals surface area contributed by atoms with Gasteiger partial charge in [-0.3, -0.25) is 0 Å². The molecule has 0 saturated heterocycles. The third-order valence-electron chi connectivity index (χ3n) is 0.295. The van der Waals surface area contributed by atoms with E-state index in [0.717, 1.165) is 0 Å². The molecule has 32 valence electrons. The topological polar surface area (TPSA) is 36.8 Å². The fourth-order valence-corrected chi connectivity index (χ4v) is 0.144. The van der Waals surface area contributed by atoms with Gasteiger partial charge in [-0.15, -0.1) is 0 Å². The van der Waals surface area contributed by atoms with E-state index in [1.54, 1.807) is 0 Å². The van der Waals surface area contributed by atoms with Gasteiger partial charge < -0.3 is 12.4 Å². The van der Waals surface area contributed by atoms with Gasteiger partial charge >= 0.3 is 6.20 Å². The van der Waals surface area contributed by atoms with E-state index in [9.17, 15) is 0 Å². The van der Waals surface area contributed by atoms with Crippen molar-refractivity contribution in [1.29, 1.82) is 0 Å². The van der Waals surface area contributed by atoms with Crippen LogP contribution < -0.4 is 17.8 Å². The minimum absolute atomic E-state index is 0. The van der Waals surface area contributed by atoms with Gasteiger partial charge in [0, 0.05) is 0 Å². The van der Waals surface area contributed by atoms with E-state index in [1.807, 2.05) is 0 Å². The average Bonchev–Trinajstić information content (AvgIpc) is 1.76. The highest BCUT2D eigenvalue weighted by molar-refractivity contribution is 4.68. The highest BCUT2D eigenvalue weighted by Crippen LogP contribution is 1.77. The molecule has 0 amide bonds. The molecule has 0 fully saturated rings. The predicted octanol–water partition coefficient (Wildman–Crippen LogP) is -2.76. The Balaban J connectivity index is 0.000000250. The number of hydrogen-bond donors (Lipinski definition) is 1. The SMILES string of the molecule is [C+]1=CNN=N1.[Cl-]. The first-order valence-corrected chi connectivity index (χ1v) is 1.22. The molecule has 1 aliphatic rings. The van der Waals surface area contributed by atoms with Crippen LogP contribution in [0.2, 0.25) is 0 Å². The van der Waals surface area contributed by atoms with Gasteiger partial charge in [0.1, 0.15) is 5.11 Å². The number of halogens is 1. The van der Waals surface area contributed by atoms with Crippen molar-refractivity contribution in [2.45, 2.75) is 0 Å². The van der Waals surface area contributed by atoms with Gasteiger partial charge in [0.2, 0.25) is 0 Å².